The van der Waals surface area contributed by atoms with Crippen LogP contribution in [0.2, 0.25) is 0 Å². The van der Waals surface area contributed by atoms with Gasteiger partial charge in [0.2, 0.25) is 0 Å². The molecule has 894 valence electrons. The molecule has 0 aromatic rings. The van der Waals surface area contributed by atoms with Crippen molar-refractivity contribution in [1.82, 2.24) is 0 Å². The van der Waals surface area contributed by atoms with Gasteiger partial charge in [0.05, 0.1) is 133 Å². The van der Waals surface area contributed by atoms with E-state index in [1.807, 2.05) is 55.4 Å². The average molecular weight is 2070 g/mol. The van der Waals surface area contributed by atoms with Gasteiger partial charge in [-0.25, -0.2) is 0 Å². The van der Waals surface area contributed by atoms with E-state index in [4.69, 9.17) is 122 Å². The molecule has 1 aliphatic rings. The first-order valence-electron chi connectivity index (χ1n) is 41.5. The smallest absolute Gasteiger partial charge is 0.160 e. The predicted molar refractivity (Wildman–Crippen MR) is 594 cm³/mol. The molecule has 1 aliphatic heterocycles. The van der Waals surface area contributed by atoms with Gasteiger partial charge in [-0.2, -0.15) is 0 Å². The third-order valence-electron chi connectivity index (χ3n) is 18.8. The van der Waals surface area contributed by atoms with E-state index in [-0.39, 0.29) is 249 Å². The van der Waals surface area contributed by atoms with Crippen LogP contribution in [0.25, 0.3) is 0 Å². The monoisotopic (exact) mass is 2070 g/mol. The second-order valence-corrected chi connectivity index (χ2v) is 29.6. The minimum atomic E-state index is -1.51. The second-order valence-electron chi connectivity index (χ2n) is 29.6. The average Bonchev–Trinajstić information content (AvgIpc) is 0.817. The third kappa shape index (κ3) is 125. The zero-order valence-corrected chi connectivity index (χ0v) is 71.6. The van der Waals surface area contributed by atoms with Crippen LogP contribution < -0.4 is 0 Å². The largest absolute Gasteiger partial charge is 0.396 e. The lowest BCUT2D eigenvalue weighted by atomic mass is 9.83. The van der Waals surface area contributed by atoms with Crippen LogP contribution in [0.5, 0.6) is 0 Å². The SMILES string of the molecule is C.C.C.C.C.C.C.C.C.C.C.C.C.C.C.C.C.C.C.C.C.C.C.C.CCCC(CC)(CO)CO.CCCC(CO)(CO)CO.CCCC(CO)CCO.CCCC(O)C(O)C(O)C(C)O.CCCC(O)C(O)C(O)C(O)CO.CCCC(O)CC(O)C(O)CO.CCCC1C(O)OC(CO)C(O)C1O.CCCCC(O)C(O)C(C)O.CCCCC(O)C(O)C(O)CO.CCCCC(O)CC(O)CO. The van der Waals surface area contributed by atoms with Crippen molar-refractivity contribution < 1.29 is 178 Å². The minimum absolute atomic E-state index is 0. The van der Waals surface area contributed by atoms with Crippen molar-refractivity contribution in [2.24, 2.45) is 22.7 Å². The molecule has 0 aromatic carbocycles. The molecule has 0 amide bonds. The highest BCUT2D eigenvalue weighted by molar-refractivity contribution is 4.88. The molecule has 0 radical (unpaired) electrons. The van der Waals surface area contributed by atoms with Gasteiger partial charge in [-0.15, -0.1) is 0 Å². The first-order valence-corrected chi connectivity index (χ1v) is 41.5. The van der Waals surface area contributed by atoms with Gasteiger partial charge in [0.15, 0.2) is 6.29 Å². The summed E-state index contributed by atoms with van der Waals surface area (Å²) in [5.74, 6) is -0.155. The molecule has 25 atom stereocenters. The molecule has 25 unspecified atom stereocenters. The first-order chi connectivity index (χ1) is 53.5. The van der Waals surface area contributed by atoms with Crippen LogP contribution in [-0.2, 0) is 4.74 Å². The number of hydrogen-bond acceptors (Lipinski definition) is 35. The highest BCUT2D eigenvalue weighted by atomic mass is 16.6. The maximum Gasteiger partial charge on any atom is 0.160 e. The van der Waals surface area contributed by atoms with Gasteiger partial charge in [0.25, 0.3) is 0 Å². The Morgan fingerprint density at radius 3 is 0.819 bits per heavy atom. The topological polar surface area (TPSA) is 697 Å². The summed E-state index contributed by atoms with van der Waals surface area (Å²) < 4.78 is 4.98. The number of ether oxygens (including phenoxy) is 1. The van der Waals surface area contributed by atoms with Crippen LogP contribution in [0.15, 0.2) is 0 Å². The van der Waals surface area contributed by atoms with Crippen LogP contribution >= 0.6 is 0 Å². The Bertz CT molecular complexity index is 1830. The van der Waals surface area contributed by atoms with Crippen LogP contribution in [0.4, 0.5) is 0 Å². The molecular formula is C103H272O35. The van der Waals surface area contributed by atoms with Crippen molar-refractivity contribution in [2.45, 2.75) is 582 Å². The summed E-state index contributed by atoms with van der Waals surface area (Å²) in [5.41, 5.74) is -0.872. The number of rotatable bonds is 52. The van der Waals surface area contributed by atoms with Crippen LogP contribution in [-0.4, -0.2) is 393 Å². The first kappa shape index (κ1) is 234. The lowest BCUT2D eigenvalue weighted by molar-refractivity contribution is -0.270. The van der Waals surface area contributed by atoms with E-state index in [2.05, 4.69) is 20.8 Å². The lowest BCUT2D eigenvalue weighted by Crippen LogP contribution is -2.55. The van der Waals surface area contributed by atoms with E-state index in [9.17, 15) is 56.2 Å². The predicted octanol–water partition coefficient (Wildman–Crippen LogP) is 12.3. The van der Waals surface area contributed by atoms with Gasteiger partial charge >= 0.3 is 0 Å². The fourth-order valence-electron chi connectivity index (χ4n) is 10.6. The highest BCUT2D eigenvalue weighted by Crippen LogP contribution is 2.29. The number of aliphatic hydroxyl groups is 34. The Morgan fingerprint density at radius 2 is 0.558 bits per heavy atom. The van der Waals surface area contributed by atoms with Crippen LogP contribution in [0, 0.1) is 22.7 Å². The summed E-state index contributed by atoms with van der Waals surface area (Å²) in [4.78, 5) is 0. The maximum absolute atomic E-state index is 9.64. The molecule has 1 rings (SSSR count). The molecular weight excluding hydrogens is 1800 g/mol. The summed E-state index contributed by atoms with van der Waals surface area (Å²) in [6.45, 7) is 22.4. The number of hydrogen-bond donors (Lipinski definition) is 34. The normalized spacial score (nSPS) is 17.0. The molecule has 138 heavy (non-hydrogen) atoms. The van der Waals surface area contributed by atoms with Crippen LogP contribution in [0.3, 0.4) is 0 Å². The minimum Gasteiger partial charge on any atom is -0.396 e. The van der Waals surface area contributed by atoms with Gasteiger partial charge in [-0.1, -0.05) is 338 Å². The lowest BCUT2D eigenvalue weighted by Gasteiger charge is -2.40. The summed E-state index contributed by atoms with van der Waals surface area (Å²) in [7, 11) is 0. The van der Waals surface area contributed by atoms with Crippen molar-refractivity contribution in [3.05, 3.63) is 0 Å². The summed E-state index contributed by atoms with van der Waals surface area (Å²) in [6.07, 6.45) is -4.20. The molecule has 0 spiro atoms. The zero-order valence-electron chi connectivity index (χ0n) is 71.6. The highest BCUT2D eigenvalue weighted by Gasteiger charge is 2.43. The third-order valence-corrected chi connectivity index (χ3v) is 18.8. The van der Waals surface area contributed by atoms with Gasteiger partial charge in [0.1, 0.15) is 67.1 Å². The Morgan fingerprint density at radius 1 is 0.254 bits per heavy atom. The molecule has 0 bridgehead atoms. The van der Waals surface area contributed by atoms with Gasteiger partial charge in [-0.3, -0.25) is 0 Å². The molecule has 0 saturated carbocycles. The van der Waals surface area contributed by atoms with E-state index in [0.29, 0.717) is 63.7 Å². The molecule has 0 aliphatic carbocycles. The van der Waals surface area contributed by atoms with Crippen molar-refractivity contribution in [2.75, 3.05) is 79.3 Å². The fourth-order valence-corrected chi connectivity index (χ4v) is 10.6. The standard InChI is InChI=1S/C9H18O5.C8H18O5.3C8H18O4.2C8H18O3.C8H18O2.C7H16O3.C7H16O2.24CH4/c1-2-3-5-7(11)8(12)6(4-10)14-9(5)13;1-2-3-5(10)7(12)8(13)6(11)4-9;1-3-4-6(10)8(12)7(11)5(2)9;1-2-3-6(10)4-7(11)8(12)5-9;1-2-3-4-6(10)8(12)7(11)5-9;1-3-4-5-7(10)8(11)6(2)9;1-2-3-4-7(10)5-8(11)6-9;1-3-5-8(4-2,6-9)7-10;1-2-3-7(4-8,5-9)6-10;1-2-3-7(6-9)4-5-8;;;;;;;;;;;;;;;;;;;;;;;;/h5-13H,2-4H2,1H3;5-13H,2-4H2,1H3;5-12H,3-4H2,1-2H3;2*6-12H,2-5H2,1H3;6-11H,3-5H2,1-2H3;7-11H,2-6H2,1H3;9-10H,3-7H2,1-2H3;8-10H,2-6H2,1H3;7-9H,2-6H2,1H3;24*1H4. The fraction of sp³-hybridized carbons (Fsp3) is 1.00. The van der Waals surface area contributed by atoms with Crippen molar-refractivity contribution >= 4 is 0 Å². The molecule has 1 heterocycles. The second kappa shape index (κ2) is 156. The summed E-state index contributed by atoms with van der Waals surface area (Å²) in [5, 5.41) is 306. The zero-order chi connectivity index (χ0) is 90.7. The maximum atomic E-state index is 9.64. The Balaban J connectivity index is -0.0000000281. The molecule has 0 aromatic heterocycles. The van der Waals surface area contributed by atoms with E-state index in [1.165, 1.54) is 13.8 Å². The van der Waals surface area contributed by atoms with Gasteiger partial charge in [-0.05, 0) is 96.8 Å². The van der Waals surface area contributed by atoms with E-state index in [0.717, 1.165) is 103 Å². The number of aliphatic hydroxyl groups excluding tert-OH is 34. The van der Waals surface area contributed by atoms with Crippen molar-refractivity contribution in [3.63, 3.8) is 0 Å². The summed E-state index contributed by atoms with van der Waals surface area (Å²) >= 11 is 0. The Hall–Kier alpha value is -1.40. The van der Waals surface area contributed by atoms with E-state index in [1.54, 1.807) is 0 Å². The number of unbranched alkanes of at least 4 members (excludes halogenated alkanes) is 3. The Labute approximate surface area is 858 Å². The van der Waals surface area contributed by atoms with Crippen molar-refractivity contribution in [3.8, 4) is 0 Å². The molecule has 35 nitrogen and oxygen atoms in total. The van der Waals surface area contributed by atoms with E-state index < -0.39 is 178 Å². The molecule has 34 N–H and O–H groups in total. The van der Waals surface area contributed by atoms with E-state index >= 15 is 0 Å². The van der Waals surface area contributed by atoms with Gasteiger partial charge in [0, 0.05) is 42.8 Å². The Kier molecular flexibility index (Phi) is 264. The van der Waals surface area contributed by atoms with Crippen molar-refractivity contribution in [1.29, 1.82) is 0 Å². The molecule has 1 saturated heterocycles. The molecule has 1 fully saturated rings. The van der Waals surface area contributed by atoms with Crippen LogP contribution in [0.1, 0.15) is 442 Å². The quantitative estimate of drug-likeness (QED) is 0.0269. The molecule has 35 heteroatoms. The summed E-state index contributed by atoms with van der Waals surface area (Å²) in [6, 6.07) is 0. The van der Waals surface area contributed by atoms with Gasteiger partial charge < -0.3 is 178 Å².